The van der Waals surface area contributed by atoms with E-state index >= 15 is 0 Å². The fourth-order valence-corrected chi connectivity index (χ4v) is 2.89. The number of aromatic nitrogens is 2. The minimum absolute atomic E-state index is 0.121. The van der Waals surface area contributed by atoms with Gasteiger partial charge < -0.3 is 20.1 Å². The van der Waals surface area contributed by atoms with Gasteiger partial charge in [-0.2, -0.15) is 0 Å². The van der Waals surface area contributed by atoms with E-state index in [-0.39, 0.29) is 17.0 Å². The van der Waals surface area contributed by atoms with Gasteiger partial charge in [0.2, 0.25) is 0 Å². The molecular formula is C18H23N5O2. The van der Waals surface area contributed by atoms with Crippen LogP contribution in [0.25, 0.3) is 0 Å². The molecular weight excluding hydrogens is 318 g/mol. The minimum Gasteiger partial charge on any atom is -0.354 e. The zero-order valence-corrected chi connectivity index (χ0v) is 14.6. The van der Waals surface area contributed by atoms with Gasteiger partial charge in [0.25, 0.3) is 11.5 Å². The first-order valence-electron chi connectivity index (χ1n) is 8.40. The summed E-state index contributed by atoms with van der Waals surface area (Å²) in [5, 5.41) is 2.83. The lowest BCUT2D eigenvalue weighted by Crippen LogP contribution is -2.45. The van der Waals surface area contributed by atoms with Crippen molar-refractivity contribution in [3.8, 4) is 0 Å². The number of H-pyrrole nitrogens is 1. The summed E-state index contributed by atoms with van der Waals surface area (Å²) in [6, 6.07) is 7.09. The molecule has 2 aromatic rings. The highest BCUT2D eigenvalue weighted by atomic mass is 16.2. The van der Waals surface area contributed by atoms with Gasteiger partial charge in [0.05, 0.1) is 0 Å². The van der Waals surface area contributed by atoms with E-state index in [0.29, 0.717) is 6.54 Å². The Balaban J connectivity index is 1.71. The molecule has 0 radical (unpaired) electrons. The van der Waals surface area contributed by atoms with Gasteiger partial charge in [-0.25, -0.2) is 4.98 Å². The van der Waals surface area contributed by atoms with Crippen molar-refractivity contribution in [3.05, 3.63) is 57.6 Å². The lowest BCUT2D eigenvalue weighted by Gasteiger charge is -2.34. The quantitative estimate of drug-likeness (QED) is 0.858. The highest BCUT2D eigenvalue weighted by Gasteiger charge is 2.18. The van der Waals surface area contributed by atoms with Crippen LogP contribution in [0, 0.1) is 6.92 Å². The van der Waals surface area contributed by atoms with Crippen molar-refractivity contribution in [1.82, 2.24) is 20.2 Å². The summed E-state index contributed by atoms with van der Waals surface area (Å²) < 4.78 is 0. The van der Waals surface area contributed by atoms with Crippen LogP contribution in [-0.4, -0.2) is 54.0 Å². The van der Waals surface area contributed by atoms with Crippen molar-refractivity contribution in [3.63, 3.8) is 0 Å². The first kappa shape index (κ1) is 17.2. The number of carbonyl (C=O) groups excluding carboxylic acids is 1. The number of nitrogens with zero attached hydrogens (tertiary/aromatic N) is 3. The number of piperazine rings is 1. The Morgan fingerprint density at radius 1 is 1.24 bits per heavy atom. The summed E-state index contributed by atoms with van der Waals surface area (Å²) in [6.07, 6.45) is 1.77. The van der Waals surface area contributed by atoms with Crippen LogP contribution in [-0.2, 0) is 6.54 Å². The summed E-state index contributed by atoms with van der Waals surface area (Å²) in [5.41, 5.74) is 1.42. The van der Waals surface area contributed by atoms with E-state index in [1.54, 1.807) is 25.3 Å². The van der Waals surface area contributed by atoms with Crippen molar-refractivity contribution in [2.45, 2.75) is 13.5 Å². The lowest BCUT2D eigenvalue weighted by molar-refractivity contribution is 0.0949. The van der Waals surface area contributed by atoms with Crippen LogP contribution in [0.3, 0.4) is 0 Å². The van der Waals surface area contributed by atoms with E-state index in [1.807, 2.05) is 12.1 Å². The largest absolute Gasteiger partial charge is 0.354 e. The molecule has 132 valence electrons. The third-order valence-electron chi connectivity index (χ3n) is 4.41. The number of amides is 1. The summed E-state index contributed by atoms with van der Waals surface area (Å²) in [7, 11) is 2.11. The molecule has 0 bridgehead atoms. The van der Waals surface area contributed by atoms with Crippen LogP contribution in [0.4, 0.5) is 5.82 Å². The molecule has 1 aliphatic rings. The Morgan fingerprint density at radius 2 is 2.00 bits per heavy atom. The molecule has 1 amide bonds. The van der Waals surface area contributed by atoms with Gasteiger partial charge in [-0.15, -0.1) is 0 Å². The highest BCUT2D eigenvalue weighted by molar-refractivity contribution is 5.93. The van der Waals surface area contributed by atoms with Crippen molar-refractivity contribution in [2.24, 2.45) is 0 Å². The molecule has 25 heavy (non-hydrogen) atoms. The number of likely N-dealkylation sites (N-methyl/N-ethyl adjacent to an activating group) is 1. The molecule has 0 atom stereocenters. The fraction of sp³-hybridized carbons (Fsp3) is 0.389. The zero-order valence-electron chi connectivity index (χ0n) is 14.6. The molecule has 0 aliphatic carbocycles. The van der Waals surface area contributed by atoms with E-state index in [9.17, 15) is 9.59 Å². The molecule has 3 rings (SSSR count). The molecule has 1 aliphatic heterocycles. The topological polar surface area (TPSA) is 81.3 Å². The van der Waals surface area contributed by atoms with E-state index in [1.165, 1.54) is 0 Å². The molecule has 3 heterocycles. The highest BCUT2D eigenvalue weighted by Crippen LogP contribution is 2.18. The number of pyridine rings is 2. The Kier molecular flexibility index (Phi) is 5.14. The minimum atomic E-state index is -0.380. The SMILES string of the molecule is Cc1ccc(C(=O)NCc2cccnc2N2CCN(C)CC2)c(=O)[nH]1. The second kappa shape index (κ2) is 7.48. The number of hydrogen-bond donors (Lipinski definition) is 2. The van der Waals surface area contributed by atoms with E-state index in [4.69, 9.17) is 0 Å². The second-order valence-corrected chi connectivity index (χ2v) is 6.34. The van der Waals surface area contributed by atoms with Crippen LogP contribution in [0.1, 0.15) is 21.6 Å². The van der Waals surface area contributed by atoms with Gasteiger partial charge in [-0.1, -0.05) is 6.07 Å². The molecule has 7 heteroatoms. The monoisotopic (exact) mass is 341 g/mol. The molecule has 0 aromatic carbocycles. The van der Waals surface area contributed by atoms with Crippen LogP contribution >= 0.6 is 0 Å². The molecule has 2 N–H and O–H groups in total. The predicted molar refractivity (Wildman–Crippen MR) is 96.9 cm³/mol. The van der Waals surface area contributed by atoms with Crippen LogP contribution < -0.4 is 15.8 Å². The van der Waals surface area contributed by atoms with Crippen LogP contribution in [0.2, 0.25) is 0 Å². The molecule has 1 fully saturated rings. The number of hydrogen-bond acceptors (Lipinski definition) is 5. The van der Waals surface area contributed by atoms with Gasteiger partial charge in [0.15, 0.2) is 0 Å². The van der Waals surface area contributed by atoms with Crippen molar-refractivity contribution in [2.75, 3.05) is 38.1 Å². The molecule has 0 spiro atoms. The summed E-state index contributed by atoms with van der Waals surface area (Å²) in [5.74, 6) is 0.517. The second-order valence-electron chi connectivity index (χ2n) is 6.34. The summed E-state index contributed by atoms with van der Waals surface area (Å²) >= 11 is 0. The van der Waals surface area contributed by atoms with Gasteiger partial charge in [0.1, 0.15) is 11.4 Å². The molecule has 0 saturated carbocycles. The smallest absolute Gasteiger partial charge is 0.260 e. The Bertz CT molecular complexity index is 809. The molecule has 1 saturated heterocycles. The molecule has 0 unspecified atom stereocenters. The van der Waals surface area contributed by atoms with Crippen LogP contribution in [0.5, 0.6) is 0 Å². The Labute approximate surface area is 146 Å². The zero-order chi connectivity index (χ0) is 17.8. The maximum atomic E-state index is 12.3. The average molecular weight is 341 g/mol. The summed E-state index contributed by atoms with van der Waals surface area (Å²) in [4.78, 5) is 35.9. The Hall–Kier alpha value is -2.67. The van der Waals surface area contributed by atoms with Gasteiger partial charge in [0, 0.05) is 50.2 Å². The van der Waals surface area contributed by atoms with Crippen molar-refractivity contribution < 1.29 is 4.79 Å². The first-order chi connectivity index (χ1) is 12.0. The number of anilines is 1. The standard InChI is InChI=1S/C18H23N5O2/c1-13-5-6-15(18(25)21-13)17(24)20-12-14-4-3-7-19-16(14)23-10-8-22(2)9-11-23/h3-7H,8-12H2,1-2H3,(H,20,24)(H,21,25). The van der Waals surface area contributed by atoms with E-state index < -0.39 is 0 Å². The third-order valence-corrected chi connectivity index (χ3v) is 4.41. The van der Waals surface area contributed by atoms with Crippen molar-refractivity contribution in [1.29, 1.82) is 0 Å². The predicted octanol–water partition coefficient (Wildman–Crippen LogP) is 0.760. The van der Waals surface area contributed by atoms with E-state index in [2.05, 4.69) is 32.1 Å². The average Bonchev–Trinajstić information content (AvgIpc) is 2.61. The van der Waals surface area contributed by atoms with Gasteiger partial charge in [-0.05, 0) is 32.2 Å². The number of aromatic amines is 1. The maximum absolute atomic E-state index is 12.3. The van der Waals surface area contributed by atoms with Gasteiger partial charge in [-0.3, -0.25) is 9.59 Å². The van der Waals surface area contributed by atoms with Crippen molar-refractivity contribution >= 4 is 11.7 Å². The molecule has 7 nitrogen and oxygen atoms in total. The number of carbonyl (C=O) groups is 1. The first-order valence-corrected chi connectivity index (χ1v) is 8.40. The maximum Gasteiger partial charge on any atom is 0.260 e. The number of aryl methyl sites for hydroxylation is 1. The Morgan fingerprint density at radius 3 is 2.72 bits per heavy atom. The third kappa shape index (κ3) is 4.06. The normalized spacial score (nSPS) is 15.2. The number of nitrogens with one attached hydrogen (secondary N) is 2. The van der Waals surface area contributed by atoms with Crippen LogP contribution in [0.15, 0.2) is 35.3 Å². The fourth-order valence-electron chi connectivity index (χ4n) is 2.89. The number of rotatable bonds is 4. The van der Waals surface area contributed by atoms with E-state index in [0.717, 1.165) is 43.3 Å². The summed E-state index contributed by atoms with van der Waals surface area (Å²) in [6.45, 7) is 5.91. The van der Waals surface area contributed by atoms with Gasteiger partial charge >= 0.3 is 0 Å². The molecule has 2 aromatic heterocycles. The lowest BCUT2D eigenvalue weighted by atomic mass is 10.2.